The quantitative estimate of drug-likeness (QED) is 0.903. The first kappa shape index (κ1) is 13.4. The summed E-state index contributed by atoms with van der Waals surface area (Å²) in [6.45, 7) is 2.00. The standard InChI is InChI=1S/C16H21NO3/c1-11-14-8-3-4-9-16(14,20-17-15(11)18)12-6-5-7-13(10-12)19-2/h5-7,10-11,14H,3-4,8-9H2,1-2H3,(H,17,18)/t11?,14-,16-/m1/s1. The monoisotopic (exact) mass is 275 g/mol. The Bertz CT molecular complexity index is 516. The van der Waals surface area contributed by atoms with E-state index in [4.69, 9.17) is 9.57 Å². The molecule has 1 heterocycles. The van der Waals surface area contributed by atoms with Gasteiger partial charge in [0.1, 0.15) is 11.4 Å². The van der Waals surface area contributed by atoms with E-state index in [9.17, 15) is 4.79 Å². The number of fused-ring (bicyclic) bond motifs is 1. The summed E-state index contributed by atoms with van der Waals surface area (Å²) in [7, 11) is 1.67. The molecule has 2 fully saturated rings. The molecular weight excluding hydrogens is 254 g/mol. The van der Waals surface area contributed by atoms with E-state index >= 15 is 0 Å². The molecule has 2 aliphatic rings. The summed E-state index contributed by atoms with van der Waals surface area (Å²) in [4.78, 5) is 17.8. The Hall–Kier alpha value is -1.55. The van der Waals surface area contributed by atoms with Crippen LogP contribution in [0.3, 0.4) is 0 Å². The smallest absolute Gasteiger partial charge is 0.246 e. The number of nitrogens with one attached hydrogen (secondary N) is 1. The molecule has 3 atom stereocenters. The van der Waals surface area contributed by atoms with Gasteiger partial charge in [-0.1, -0.05) is 31.9 Å². The molecule has 0 radical (unpaired) electrons. The predicted octanol–water partition coefficient (Wildman–Crippen LogP) is 2.78. The molecule has 1 saturated carbocycles. The van der Waals surface area contributed by atoms with Crippen LogP contribution in [0.1, 0.15) is 38.2 Å². The van der Waals surface area contributed by atoms with Gasteiger partial charge in [0.25, 0.3) is 0 Å². The Balaban J connectivity index is 2.03. The van der Waals surface area contributed by atoms with Crippen LogP contribution in [-0.4, -0.2) is 13.0 Å². The Kier molecular flexibility index (Phi) is 3.42. The Morgan fingerprint density at radius 3 is 3.05 bits per heavy atom. The van der Waals surface area contributed by atoms with E-state index in [0.29, 0.717) is 0 Å². The van der Waals surface area contributed by atoms with Crippen LogP contribution in [-0.2, 0) is 15.2 Å². The first-order valence-corrected chi connectivity index (χ1v) is 7.30. The Labute approximate surface area is 119 Å². The molecule has 1 aromatic rings. The average Bonchev–Trinajstić information content (AvgIpc) is 2.51. The number of carbonyl (C=O) groups is 1. The lowest BCUT2D eigenvalue weighted by Crippen LogP contribution is -2.56. The lowest BCUT2D eigenvalue weighted by Gasteiger charge is -2.49. The molecular formula is C16H21NO3. The van der Waals surface area contributed by atoms with Crippen LogP contribution in [0.25, 0.3) is 0 Å². The molecule has 1 amide bonds. The van der Waals surface area contributed by atoms with Crippen LogP contribution in [0, 0.1) is 11.8 Å². The molecule has 0 aromatic heterocycles. The predicted molar refractivity (Wildman–Crippen MR) is 75.0 cm³/mol. The van der Waals surface area contributed by atoms with Crippen LogP contribution < -0.4 is 10.2 Å². The molecule has 1 N–H and O–H groups in total. The number of hydrogen-bond donors (Lipinski definition) is 1. The maximum absolute atomic E-state index is 11.9. The summed E-state index contributed by atoms with van der Waals surface area (Å²) >= 11 is 0. The summed E-state index contributed by atoms with van der Waals surface area (Å²) in [6, 6.07) is 8.02. The first-order chi connectivity index (χ1) is 9.67. The van der Waals surface area contributed by atoms with E-state index in [2.05, 4.69) is 11.5 Å². The van der Waals surface area contributed by atoms with Crippen molar-refractivity contribution in [3.05, 3.63) is 29.8 Å². The minimum absolute atomic E-state index is 0.00424. The number of carbonyl (C=O) groups excluding carboxylic acids is 1. The van der Waals surface area contributed by atoms with Crippen molar-refractivity contribution in [3.8, 4) is 5.75 Å². The van der Waals surface area contributed by atoms with Gasteiger partial charge in [-0.15, -0.1) is 0 Å². The zero-order chi connectivity index (χ0) is 14.2. The maximum atomic E-state index is 11.9. The highest BCUT2D eigenvalue weighted by Crippen LogP contribution is 2.49. The van der Waals surface area contributed by atoms with Crippen LogP contribution in [0.15, 0.2) is 24.3 Å². The van der Waals surface area contributed by atoms with Crippen LogP contribution in [0.2, 0.25) is 0 Å². The van der Waals surface area contributed by atoms with Gasteiger partial charge in [0.2, 0.25) is 5.91 Å². The second kappa shape index (κ2) is 5.09. The molecule has 3 rings (SSSR count). The topological polar surface area (TPSA) is 47.6 Å². The largest absolute Gasteiger partial charge is 0.497 e. The van der Waals surface area contributed by atoms with Gasteiger partial charge >= 0.3 is 0 Å². The number of ether oxygens (including phenoxy) is 1. The molecule has 20 heavy (non-hydrogen) atoms. The summed E-state index contributed by atoms with van der Waals surface area (Å²) < 4.78 is 5.33. The lowest BCUT2D eigenvalue weighted by molar-refractivity contribution is -0.213. The fourth-order valence-corrected chi connectivity index (χ4v) is 3.67. The maximum Gasteiger partial charge on any atom is 0.246 e. The third-order valence-corrected chi connectivity index (χ3v) is 4.82. The molecule has 4 heteroatoms. The van der Waals surface area contributed by atoms with Crippen molar-refractivity contribution in [2.24, 2.45) is 11.8 Å². The van der Waals surface area contributed by atoms with Crippen molar-refractivity contribution >= 4 is 5.91 Å². The van der Waals surface area contributed by atoms with Gasteiger partial charge in [0.05, 0.1) is 7.11 Å². The number of hydroxylamine groups is 1. The van der Waals surface area contributed by atoms with Gasteiger partial charge in [0, 0.05) is 11.8 Å². The molecule has 1 aliphatic heterocycles. The van der Waals surface area contributed by atoms with Crippen molar-refractivity contribution in [2.45, 2.75) is 38.2 Å². The second-order valence-corrected chi connectivity index (χ2v) is 5.83. The van der Waals surface area contributed by atoms with Gasteiger partial charge in [-0.25, -0.2) is 5.48 Å². The second-order valence-electron chi connectivity index (χ2n) is 5.83. The highest BCUT2D eigenvalue weighted by atomic mass is 16.7. The SMILES string of the molecule is COc1cccc([C@]23CCCC[C@@H]2C(C)C(=O)NO3)c1. The number of hydrogen-bond acceptors (Lipinski definition) is 3. The van der Waals surface area contributed by atoms with Crippen molar-refractivity contribution in [3.63, 3.8) is 0 Å². The molecule has 0 bridgehead atoms. The average molecular weight is 275 g/mol. The van der Waals surface area contributed by atoms with Crippen molar-refractivity contribution in [1.29, 1.82) is 0 Å². The number of amides is 1. The number of methoxy groups -OCH3 is 1. The Morgan fingerprint density at radius 2 is 2.25 bits per heavy atom. The highest BCUT2D eigenvalue weighted by molar-refractivity contribution is 5.78. The fraction of sp³-hybridized carbons (Fsp3) is 0.562. The van der Waals surface area contributed by atoms with Gasteiger partial charge in [-0.05, 0) is 30.5 Å². The van der Waals surface area contributed by atoms with Crippen LogP contribution >= 0.6 is 0 Å². The first-order valence-electron chi connectivity index (χ1n) is 7.30. The minimum atomic E-state index is -0.403. The molecule has 108 valence electrons. The van der Waals surface area contributed by atoms with Crippen molar-refractivity contribution in [1.82, 2.24) is 5.48 Å². The van der Waals surface area contributed by atoms with E-state index in [1.165, 1.54) is 0 Å². The van der Waals surface area contributed by atoms with Crippen molar-refractivity contribution < 1.29 is 14.4 Å². The zero-order valence-corrected chi connectivity index (χ0v) is 12.0. The normalized spacial score (nSPS) is 33.2. The third kappa shape index (κ3) is 1.99. The van der Waals surface area contributed by atoms with Gasteiger partial charge < -0.3 is 4.74 Å². The van der Waals surface area contributed by atoms with E-state index < -0.39 is 5.60 Å². The van der Waals surface area contributed by atoms with Crippen LogP contribution in [0.4, 0.5) is 0 Å². The zero-order valence-electron chi connectivity index (χ0n) is 12.0. The molecule has 0 spiro atoms. The highest BCUT2D eigenvalue weighted by Gasteiger charge is 2.51. The molecule has 1 unspecified atom stereocenters. The molecule has 1 aromatic carbocycles. The van der Waals surface area contributed by atoms with E-state index in [1.54, 1.807) is 7.11 Å². The number of benzene rings is 1. The summed E-state index contributed by atoms with van der Waals surface area (Å²) in [6.07, 6.45) is 4.26. The van der Waals surface area contributed by atoms with Gasteiger partial charge in [0.15, 0.2) is 0 Å². The molecule has 1 aliphatic carbocycles. The van der Waals surface area contributed by atoms with Gasteiger partial charge in [-0.3, -0.25) is 9.63 Å². The van der Waals surface area contributed by atoms with Gasteiger partial charge in [-0.2, -0.15) is 0 Å². The molecule has 1 saturated heterocycles. The van der Waals surface area contributed by atoms with E-state index in [-0.39, 0.29) is 17.7 Å². The lowest BCUT2D eigenvalue weighted by atomic mass is 9.66. The molecule has 4 nitrogen and oxygen atoms in total. The minimum Gasteiger partial charge on any atom is -0.497 e. The summed E-state index contributed by atoms with van der Waals surface area (Å²) in [5.41, 5.74) is 3.33. The van der Waals surface area contributed by atoms with Crippen molar-refractivity contribution in [2.75, 3.05) is 7.11 Å². The van der Waals surface area contributed by atoms with Crippen LogP contribution in [0.5, 0.6) is 5.75 Å². The Morgan fingerprint density at radius 1 is 1.40 bits per heavy atom. The summed E-state index contributed by atoms with van der Waals surface area (Å²) in [5, 5.41) is 0. The fourth-order valence-electron chi connectivity index (χ4n) is 3.67. The van der Waals surface area contributed by atoms with E-state index in [1.807, 2.05) is 25.1 Å². The number of rotatable bonds is 2. The van der Waals surface area contributed by atoms with E-state index in [0.717, 1.165) is 37.0 Å². The summed E-state index contributed by atoms with van der Waals surface area (Å²) in [5.74, 6) is 1.04. The third-order valence-electron chi connectivity index (χ3n) is 4.82.